The maximum atomic E-state index is 13.2. The molecular weight excluding hydrogens is 431 g/mol. The van der Waals surface area contributed by atoms with E-state index in [4.69, 9.17) is 4.74 Å². The number of ether oxygens (including phenoxy) is 1. The first-order chi connectivity index (χ1) is 15.9. The molecule has 1 atom stereocenters. The molecule has 4 rings (SSSR count). The number of halogens is 1. The van der Waals surface area contributed by atoms with Gasteiger partial charge in [-0.15, -0.1) is 0 Å². The fourth-order valence-corrected chi connectivity index (χ4v) is 3.49. The van der Waals surface area contributed by atoms with Crippen LogP contribution >= 0.6 is 0 Å². The molecule has 0 spiro atoms. The van der Waals surface area contributed by atoms with Gasteiger partial charge in [-0.2, -0.15) is 0 Å². The monoisotopic (exact) mass is 450 g/mol. The Morgan fingerprint density at radius 1 is 1.21 bits per heavy atom. The SMILES string of the molecule is COC(=O)C(Cc1c[nH]c2ccccc12)N=Cc1c(O)n(-c2ccc(F)cc2)c(=O)[nH]c1=O. The molecule has 0 bridgehead atoms. The maximum absolute atomic E-state index is 13.2. The van der Waals surface area contributed by atoms with Crippen molar-refractivity contribution in [2.75, 3.05) is 7.11 Å². The number of aromatic nitrogens is 3. The molecule has 9 nitrogen and oxygen atoms in total. The van der Waals surface area contributed by atoms with Gasteiger partial charge in [0.1, 0.15) is 11.4 Å². The topological polar surface area (TPSA) is 130 Å². The molecule has 10 heteroatoms. The number of hydrogen-bond acceptors (Lipinski definition) is 6. The normalized spacial score (nSPS) is 12.3. The minimum Gasteiger partial charge on any atom is -0.493 e. The van der Waals surface area contributed by atoms with Gasteiger partial charge in [0.25, 0.3) is 5.56 Å². The molecule has 1 unspecified atom stereocenters. The van der Waals surface area contributed by atoms with Crippen LogP contribution in [-0.2, 0) is 16.0 Å². The largest absolute Gasteiger partial charge is 0.493 e. The summed E-state index contributed by atoms with van der Waals surface area (Å²) in [5.41, 5.74) is -0.312. The first-order valence-electron chi connectivity index (χ1n) is 9.89. The highest BCUT2D eigenvalue weighted by Gasteiger charge is 2.21. The average molecular weight is 450 g/mol. The van der Waals surface area contributed by atoms with Crippen molar-refractivity contribution >= 4 is 23.1 Å². The number of H-pyrrole nitrogens is 2. The Labute approximate surface area is 185 Å². The van der Waals surface area contributed by atoms with Gasteiger partial charge in [-0.25, -0.2) is 18.5 Å². The summed E-state index contributed by atoms with van der Waals surface area (Å²) < 4.78 is 18.9. The van der Waals surface area contributed by atoms with E-state index in [1.165, 1.54) is 19.2 Å². The molecule has 0 aliphatic rings. The summed E-state index contributed by atoms with van der Waals surface area (Å²) in [4.78, 5) is 46.3. The number of rotatable bonds is 6. The number of para-hydroxylation sites is 1. The summed E-state index contributed by atoms with van der Waals surface area (Å²) in [7, 11) is 1.22. The van der Waals surface area contributed by atoms with E-state index in [-0.39, 0.29) is 17.7 Å². The highest BCUT2D eigenvalue weighted by molar-refractivity contribution is 5.87. The summed E-state index contributed by atoms with van der Waals surface area (Å²) in [6.45, 7) is 0. The molecular formula is C23H19FN4O5. The second-order valence-corrected chi connectivity index (χ2v) is 7.19. The van der Waals surface area contributed by atoms with Gasteiger partial charge >= 0.3 is 11.7 Å². The molecule has 33 heavy (non-hydrogen) atoms. The lowest BCUT2D eigenvalue weighted by molar-refractivity contribution is -0.142. The van der Waals surface area contributed by atoms with E-state index in [1.54, 1.807) is 6.20 Å². The third kappa shape index (κ3) is 4.31. The molecule has 0 aliphatic heterocycles. The van der Waals surface area contributed by atoms with Gasteiger partial charge in [-0.3, -0.25) is 14.8 Å². The number of nitrogens with one attached hydrogen (secondary N) is 2. The minimum absolute atomic E-state index is 0.133. The fourth-order valence-electron chi connectivity index (χ4n) is 3.49. The number of aliphatic imine (C=N–C) groups is 1. The molecule has 168 valence electrons. The zero-order valence-corrected chi connectivity index (χ0v) is 17.4. The molecule has 0 radical (unpaired) electrons. The number of hydrogen-bond donors (Lipinski definition) is 3. The number of aromatic hydroxyl groups is 1. The lowest BCUT2D eigenvalue weighted by Gasteiger charge is -2.11. The summed E-state index contributed by atoms with van der Waals surface area (Å²) in [6.07, 6.45) is 2.95. The van der Waals surface area contributed by atoms with Gasteiger partial charge in [0.15, 0.2) is 6.04 Å². The number of methoxy groups -OCH3 is 1. The van der Waals surface area contributed by atoms with Crippen molar-refractivity contribution in [2.45, 2.75) is 12.5 Å². The van der Waals surface area contributed by atoms with Crippen LogP contribution in [0.1, 0.15) is 11.1 Å². The van der Waals surface area contributed by atoms with Crippen LogP contribution in [0.5, 0.6) is 5.88 Å². The van der Waals surface area contributed by atoms with Crippen LogP contribution in [0, 0.1) is 5.82 Å². The van der Waals surface area contributed by atoms with Crippen molar-refractivity contribution in [2.24, 2.45) is 4.99 Å². The Hall–Kier alpha value is -4.47. The van der Waals surface area contributed by atoms with Crippen LogP contribution in [0.4, 0.5) is 4.39 Å². The van der Waals surface area contributed by atoms with Crippen molar-refractivity contribution in [3.05, 3.63) is 92.5 Å². The van der Waals surface area contributed by atoms with E-state index in [0.29, 0.717) is 0 Å². The molecule has 0 aliphatic carbocycles. The van der Waals surface area contributed by atoms with Crippen LogP contribution in [0.3, 0.4) is 0 Å². The molecule has 0 saturated carbocycles. The number of fused-ring (bicyclic) bond motifs is 1. The zero-order valence-electron chi connectivity index (χ0n) is 17.4. The van der Waals surface area contributed by atoms with Gasteiger partial charge < -0.3 is 14.8 Å². The minimum atomic E-state index is -1.01. The molecule has 4 aromatic rings. The summed E-state index contributed by atoms with van der Waals surface area (Å²) in [6, 6.07) is 11.3. The van der Waals surface area contributed by atoms with Crippen LogP contribution in [-0.4, -0.2) is 45.0 Å². The van der Waals surface area contributed by atoms with E-state index in [9.17, 15) is 23.9 Å². The lowest BCUT2D eigenvalue weighted by Crippen LogP contribution is -2.31. The molecule has 0 saturated heterocycles. The van der Waals surface area contributed by atoms with Crippen molar-refractivity contribution in [1.29, 1.82) is 0 Å². The quantitative estimate of drug-likeness (QED) is 0.306. The lowest BCUT2D eigenvalue weighted by atomic mass is 10.1. The van der Waals surface area contributed by atoms with E-state index in [2.05, 4.69) is 15.0 Å². The predicted octanol–water partition coefficient (Wildman–Crippen LogP) is 2.05. The van der Waals surface area contributed by atoms with Crippen molar-refractivity contribution < 1.29 is 19.0 Å². The second kappa shape index (κ2) is 8.95. The molecule has 2 heterocycles. The Bertz CT molecular complexity index is 1470. The number of carbonyl (C=O) groups is 1. The first-order valence-corrected chi connectivity index (χ1v) is 9.89. The van der Waals surface area contributed by atoms with E-state index >= 15 is 0 Å². The van der Waals surface area contributed by atoms with Gasteiger partial charge in [0.05, 0.1) is 12.8 Å². The van der Waals surface area contributed by atoms with E-state index in [0.717, 1.165) is 39.4 Å². The Balaban J connectivity index is 1.72. The predicted molar refractivity (Wildman–Crippen MR) is 120 cm³/mol. The molecule has 2 aromatic heterocycles. The molecule has 3 N–H and O–H groups in total. The van der Waals surface area contributed by atoms with Gasteiger partial charge in [0.2, 0.25) is 5.88 Å². The highest BCUT2D eigenvalue weighted by Crippen LogP contribution is 2.21. The van der Waals surface area contributed by atoms with Crippen LogP contribution in [0.15, 0.2) is 69.3 Å². The maximum Gasteiger partial charge on any atom is 0.335 e. The number of carbonyl (C=O) groups excluding carboxylic acids is 1. The smallest absolute Gasteiger partial charge is 0.335 e. The average Bonchev–Trinajstić information content (AvgIpc) is 3.21. The molecule has 0 amide bonds. The van der Waals surface area contributed by atoms with Crippen LogP contribution in [0.25, 0.3) is 16.6 Å². The summed E-state index contributed by atoms with van der Waals surface area (Å²) >= 11 is 0. The number of nitrogens with zero attached hydrogens (tertiary/aromatic N) is 2. The number of esters is 1. The summed E-state index contributed by atoms with van der Waals surface area (Å²) in [5.74, 6) is -1.87. The van der Waals surface area contributed by atoms with Gasteiger partial charge in [-0.05, 0) is 35.9 Å². The Morgan fingerprint density at radius 2 is 1.94 bits per heavy atom. The highest BCUT2D eigenvalue weighted by atomic mass is 19.1. The van der Waals surface area contributed by atoms with E-state index < -0.39 is 35.0 Å². The summed E-state index contributed by atoms with van der Waals surface area (Å²) in [5, 5.41) is 11.5. The van der Waals surface area contributed by atoms with Gasteiger partial charge in [-0.1, -0.05) is 18.2 Å². The fraction of sp³-hybridized carbons (Fsp3) is 0.130. The third-order valence-electron chi connectivity index (χ3n) is 5.15. The van der Waals surface area contributed by atoms with Crippen molar-refractivity contribution in [3.8, 4) is 11.6 Å². The van der Waals surface area contributed by atoms with Crippen LogP contribution in [0.2, 0.25) is 0 Å². The number of aromatic amines is 2. The Kier molecular flexibility index (Phi) is 5.90. The standard InChI is InChI=1S/C23H19FN4O5/c1-33-22(31)19(10-13-11-25-18-5-3-2-4-16(13)18)26-12-17-20(29)27-23(32)28(21(17)30)15-8-6-14(24)7-9-15/h2-9,11-12,19,25,30H,10H2,1H3,(H,27,29,32). The van der Waals surface area contributed by atoms with Crippen molar-refractivity contribution in [1.82, 2.24) is 14.5 Å². The third-order valence-corrected chi connectivity index (χ3v) is 5.15. The molecule has 2 aromatic carbocycles. The van der Waals surface area contributed by atoms with E-state index in [1.807, 2.05) is 24.3 Å². The second-order valence-electron chi connectivity index (χ2n) is 7.19. The number of benzene rings is 2. The van der Waals surface area contributed by atoms with Gasteiger partial charge in [0, 0.05) is 29.7 Å². The van der Waals surface area contributed by atoms with Crippen LogP contribution < -0.4 is 11.2 Å². The Morgan fingerprint density at radius 3 is 2.67 bits per heavy atom. The molecule has 0 fully saturated rings. The first kappa shape index (κ1) is 21.8. The van der Waals surface area contributed by atoms with Crippen molar-refractivity contribution in [3.63, 3.8) is 0 Å². The zero-order chi connectivity index (χ0) is 23.5.